The maximum Gasteiger partial charge on any atom is 0.0846 e. The van der Waals surface area contributed by atoms with Crippen molar-refractivity contribution < 1.29 is 4.74 Å². The van der Waals surface area contributed by atoms with Crippen LogP contribution in [0.2, 0.25) is 0 Å². The van der Waals surface area contributed by atoms with Crippen LogP contribution in [0.25, 0.3) is 11.1 Å². The summed E-state index contributed by atoms with van der Waals surface area (Å²) in [6, 6.07) is 17.0. The van der Waals surface area contributed by atoms with Gasteiger partial charge >= 0.3 is 0 Å². The normalized spacial score (nSPS) is 18.8. The number of benzene rings is 2. The highest BCUT2D eigenvalue weighted by Gasteiger charge is 2.19. The molecule has 0 saturated carbocycles. The van der Waals surface area contributed by atoms with Crippen LogP contribution >= 0.6 is 15.9 Å². The molecule has 1 aliphatic rings. The molecule has 0 bridgehead atoms. The van der Waals surface area contributed by atoms with Gasteiger partial charge in [0.05, 0.1) is 12.7 Å². The van der Waals surface area contributed by atoms with Crippen molar-refractivity contribution in [1.82, 2.24) is 0 Å². The first kappa shape index (κ1) is 11.0. The van der Waals surface area contributed by atoms with Gasteiger partial charge in [0.1, 0.15) is 0 Å². The molecule has 1 unspecified atom stereocenters. The SMILES string of the molecule is Brc1cccc(-c2ccc(C3CCO3)cc2)c1. The first-order valence-electron chi connectivity index (χ1n) is 5.80. The molecule has 1 fully saturated rings. The zero-order chi connectivity index (χ0) is 11.7. The van der Waals surface area contributed by atoms with E-state index in [4.69, 9.17) is 4.74 Å². The monoisotopic (exact) mass is 288 g/mol. The van der Waals surface area contributed by atoms with Gasteiger partial charge in [-0.1, -0.05) is 52.3 Å². The Morgan fingerprint density at radius 2 is 1.76 bits per heavy atom. The van der Waals surface area contributed by atoms with Crippen LogP contribution in [0.5, 0.6) is 0 Å². The largest absolute Gasteiger partial charge is 0.373 e. The van der Waals surface area contributed by atoms with E-state index < -0.39 is 0 Å². The van der Waals surface area contributed by atoms with E-state index >= 15 is 0 Å². The van der Waals surface area contributed by atoms with Crippen LogP contribution in [-0.2, 0) is 4.74 Å². The second-order valence-corrected chi connectivity index (χ2v) is 5.20. The number of rotatable bonds is 2. The Morgan fingerprint density at radius 1 is 1.00 bits per heavy atom. The lowest BCUT2D eigenvalue weighted by atomic mass is 9.99. The Morgan fingerprint density at radius 3 is 2.35 bits per heavy atom. The van der Waals surface area contributed by atoms with Gasteiger partial charge in [-0.15, -0.1) is 0 Å². The summed E-state index contributed by atoms with van der Waals surface area (Å²) in [6.07, 6.45) is 1.47. The standard InChI is InChI=1S/C15H13BrO/c16-14-3-1-2-13(10-14)11-4-6-12(7-5-11)15-8-9-17-15/h1-7,10,15H,8-9H2. The van der Waals surface area contributed by atoms with Crippen LogP contribution in [-0.4, -0.2) is 6.61 Å². The number of hydrogen-bond donors (Lipinski definition) is 0. The van der Waals surface area contributed by atoms with Gasteiger partial charge in [0.2, 0.25) is 0 Å². The van der Waals surface area contributed by atoms with E-state index in [0.717, 1.165) is 17.5 Å². The van der Waals surface area contributed by atoms with Gasteiger partial charge in [-0.3, -0.25) is 0 Å². The summed E-state index contributed by atoms with van der Waals surface area (Å²) < 4.78 is 6.59. The minimum absolute atomic E-state index is 0.326. The van der Waals surface area contributed by atoms with Gasteiger partial charge < -0.3 is 4.74 Å². The first-order valence-corrected chi connectivity index (χ1v) is 6.60. The quantitative estimate of drug-likeness (QED) is 0.786. The molecule has 0 aliphatic carbocycles. The lowest BCUT2D eigenvalue weighted by Crippen LogP contribution is -2.17. The van der Waals surface area contributed by atoms with Crippen LogP contribution in [0.1, 0.15) is 18.1 Å². The Hall–Kier alpha value is -1.12. The Balaban J connectivity index is 1.88. The second kappa shape index (κ2) is 4.63. The van der Waals surface area contributed by atoms with E-state index in [0.29, 0.717) is 6.10 Å². The van der Waals surface area contributed by atoms with Gasteiger partial charge in [0.25, 0.3) is 0 Å². The van der Waals surface area contributed by atoms with Gasteiger partial charge in [0, 0.05) is 10.9 Å². The average molecular weight is 289 g/mol. The van der Waals surface area contributed by atoms with Crippen LogP contribution in [0, 0.1) is 0 Å². The molecule has 0 aromatic heterocycles. The topological polar surface area (TPSA) is 9.23 Å². The third-order valence-electron chi connectivity index (χ3n) is 3.14. The minimum atomic E-state index is 0.326. The maximum absolute atomic E-state index is 5.47. The van der Waals surface area contributed by atoms with Crippen molar-refractivity contribution in [2.45, 2.75) is 12.5 Å². The molecule has 0 spiro atoms. The summed E-state index contributed by atoms with van der Waals surface area (Å²) in [5.41, 5.74) is 3.77. The van der Waals surface area contributed by atoms with Crippen LogP contribution in [0.3, 0.4) is 0 Å². The van der Waals surface area contributed by atoms with E-state index in [-0.39, 0.29) is 0 Å². The fourth-order valence-electron chi connectivity index (χ4n) is 2.06. The van der Waals surface area contributed by atoms with Crippen LogP contribution in [0.15, 0.2) is 53.0 Å². The van der Waals surface area contributed by atoms with Gasteiger partial charge in [-0.25, -0.2) is 0 Å². The number of hydrogen-bond acceptors (Lipinski definition) is 1. The summed E-state index contributed by atoms with van der Waals surface area (Å²) in [4.78, 5) is 0. The zero-order valence-electron chi connectivity index (χ0n) is 9.40. The van der Waals surface area contributed by atoms with Crippen LogP contribution < -0.4 is 0 Å². The molecule has 2 heteroatoms. The molecule has 1 aliphatic heterocycles. The van der Waals surface area contributed by atoms with Crippen molar-refractivity contribution in [2.24, 2.45) is 0 Å². The summed E-state index contributed by atoms with van der Waals surface area (Å²) in [6.45, 7) is 0.901. The smallest absolute Gasteiger partial charge is 0.0846 e. The van der Waals surface area contributed by atoms with Crippen molar-refractivity contribution in [3.05, 3.63) is 58.6 Å². The van der Waals surface area contributed by atoms with Crippen molar-refractivity contribution in [1.29, 1.82) is 0 Å². The third kappa shape index (κ3) is 2.28. The maximum atomic E-state index is 5.47. The predicted molar refractivity (Wildman–Crippen MR) is 72.9 cm³/mol. The third-order valence-corrected chi connectivity index (χ3v) is 3.63. The van der Waals surface area contributed by atoms with E-state index in [2.05, 4.69) is 58.4 Å². The molecule has 17 heavy (non-hydrogen) atoms. The fourth-order valence-corrected chi connectivity index (χ4v) is 2.46. The number of ether oxygens (including phenoxy) is 1. The summed E-state index contributed by atoms with van der Waals surface area (Å²) in [7, 11) is 0. The highest BCUT2D eigenvalue weighted by atomic mass is 79.9. The molecular formula is C15H13BrO. The molecule has 1 heterocycles. The minimum Gasteiger partial charge on any atom is -0.373 e. The van der Waals surface area contributed by atoms with Gasteiger partial charge in [-0.2, -0.15) is 0 Å². The molecule has 2 aromatic rings. The molecule has 2 aromatic carbocycles. The Labute approximate surface area is 110 Å². The molecule has 0 N–H and O–H groups in total. The second-order valence-electron chi connectivity index (χ2n) is 4.28. The van der Waals surface area contributed by atoms with Crippen molar-refractivity contribution in [3.63, 3.8) is 0 Å². The Bertz CT molecular complexity index is 515. The van der Waals surface area contributed by atoms with Gasteiger partial charge in [0.15, 0.2) is 0 Å². The highest BCUT2D eigenvalue weighted by molar-refractivity contribution is 9.10. The lowest BCUT2D eigenvalue weighted by Gasteiger charge is -2.26. The number of halogens is 1. The summed E-state index contributed by atoms with van der Waals surface area (Å²) >= 11 is 3.50. The fraction of sp³-hybridized carbons (Fsp3) is 0.200. The highest BCUT2D eigenvalue weighted by Crippen LogP contribution is 2.31. The van der Waals surface area contributed by atoms with E-state index in [1.807, 2.05) is 6.07 Å². The lowest BCUT2D eigenvalue weighted by molar-refractivity contribution is -0.0527. The molecule has 0 radical (unpaired) electrons. The molecular weight excluding hydrogens is 276 g/mol. The summed E-state index contributed by atoms with van der Waals surface area (Å²) in [5, 5.41) is 0. The van der Waals surface area contributed by atoms with Crippen molar-refractivity contribution in [2.75, 3.05) is 6.61 Å². The molecule has 1 atom stereocenters. The van der Waals surface area contributed by atoms with E-state index in [1.165, 1.54) is 16.7 Å². The first-order chi connectivity index (χ1) is 8.33. The van der Waals surface area contributed by atoms with E-state index in [1.54, 1.807) is 0 Å². The van der Waals surface area contributed by atoms with Crippen molar-refractivity contribution >= 4 is 15.9 Å². The predicted octanol–water partition coefficient (Wildman–Crippen LogP) is 4.58. The Kier molecular flexibility index (Phi) is 3.00. The molecule has 0 amide bonds. The molecule has 3 rings (SSSR count). The van der Waals surface area contributed by atoms with Gasteiger partial charge in [-0.05, 0) is 28.8 Å². The average Bonchev–Trinajstić information content (AvgIpc) is 2.28. The molecule has 86 valence electrons. The molecule has 1 saturated heterocycles. The van der Waals surface area contributed by atoms with Crippen LogP contribution in [0.4, 0.5) is 0 Å². The molecule has 1 nitrogen and oxygen atoms in total. The zero-order valence-corrected chi connectivity index (χ0v) is 11.0. The van der Waals surface area contributed by atoms with Crippen molar-refractivity contribution in [3.8, 4) is 11.1 Å². The van der Waals surface area contributed by atoms with E-state index in [9.17, 15) is 0 Å². The summed E-state index contributed by atoms with van der Waals surface area (Å²) in [5.74, 6) is 0.